The summed E-state index contributed by atoms with van der Waals surface area (Å²) in [7, 11) is 0. The monoisotopic (exact) mass is 327 g/mol. The van der Waals surface area contributed by atoms with Gasteiger partial charge in [-0.1, -0.05) is 30.3 Å². The number of hydrazone groups is 1. The molecular formula is C17H15F2N5. The van der Waals surface area contributed by atoms with E-state index >= 15 is 0 Å². The topological polar surface area (TPSA) is 75.1 Å². The third kappa shape index (κ3) is 3.81. The molecule has 1 aliphatic rings. The number of hydrogen-bond donors (Lipinski definition) is 2. The van der Waals surface area contributed by atoms with Gasteiger partial charge >= 0.3 is 0 Å². The predicted molar refractivity (Wildman–Crippen MR) is 91.2 cm³/mol. The summed E-state index contributed by atoms with van der Waals surface area (Å²) in [6.07, 6.45) is 1.36. The minimum atomic E-state index is -0.691. The summed E-state index contributed by atoms with van der Waals surface area (Å²) in [6, 6.07) is 13.0. The van der Waals surface area contributed by atoms with Crippen molar-refractivity contribution in [2.24, 2.45) is 21.0 Å². The van der Waals surface area contributed by atoms with E-state index in [1.807, 2.05) is 30.3 Å². The molecule has 2 aromatic rings. The predicted octanol–water partition coefficient (Wildman–Crippen LogP) is 3.09. The Morgan fingerprint density at radius 2 is 1.67 bits per heavy atom. The van der Waals surface area contributed by atoms with Crippen molar-refractivity contribution in [3.63, 3.8) is 0 Å². The van der Waals surface area contributed by atoms with Crippen molar-refractivity contribution in [1.29, 1.82) is 0 Å². The molecule has 0 saturated heterocycles. The number of nitrogens with zero attached hydrogens (tertiary/aromatic N) is 3. The lowest BCUT2D eigenvalue weighted by Gasteiger charge is -2.06. The molecule has 0 aliphatic carbocycles. The van der Waals surface area contributed by atoms with E-state index in [0.29, 0.717) is 17.8 Å². The number of rotatable bonds is 5. The summed E-state index contributed by atoms with van der Waals surface area (Å²) in [5, 5.41) is 11.9. The zero-order chi connectivity index (χ0) is 16.9. The van der Waals surface area contributed by atoms with Crippen LogP contribution in [-0.2, 0) is 6.42 Å². The highest BCUT2D eigenvalue weighted by molar-refractivity contribution is 6.69. The van der Waals surface area contributed by atoms with Gasteiger partial charge in [0.05, 0.1) is 11.4 Å². The normalized spacial score (nSPS) is 15.3. The van der Waals surface area contributed by atoms with Crippen LogP contribution in [0.5, 0.6) is 0 Å². The van der Waals surface area contributed by atoms with Crippen LogP contribution in [0.1, 0.15) is 12.0 Å². The molecule has 2 aromatic carbocycles. The van der Waals surface area contributed by atoms with Gasteiger partial charge in [-0.15, -0.1) is 5.10 Å². The van der Waals surface area contributed by atoms with Crippen molar-refractivity contribution in [1.82, 2.24) is 0 Å². The lowest BCUT2D eigenvalue weighted by molar-refractivity contribution is 0.584. The first-order valence-electron chi connectivity index (χ1n) is 7.36. The number of anilines is 1. The van der Waals surface area contributed by atoms with Crippen molar-refractivity contribution in [2.75, 3.05) is 5.43 Å². The highest BCUT2D eigenvalue weighted by Gasteiger charge is 2.19. The summed E-state index contributed by atoms with van der Waals surface area (Å²) in [5.41, 5.74) is 10.7. The summed E-state index contributed by atoms with van der Waals surface area (Å²) < 4.78 is 26.4. The third-order valence-corrected chi connectivity index (χ3v) is 3.45. The highest BCUT2D eigenvalue weighted by Crippen LogP contribution is 2.14. The maximum absolute atomic E-state index is 13.2. The number of hydrogen-bond acceptors (Lipinski definition) is 5. The maximum atomic E-state index is 13.2. The second-order valence-electron chi connectivity index (χ2n) is 5.25. The van der Waals surface area contributed by atoms with Gasteiger partial charge in [-0.2, -0.15) is 10.2 Å². The molecule has 0 bridgehead atoms. The SMILES string of the molecule is NC1=NN=C(CCc2ccccc2)/C1=N\Nc1cc(F)cc(F)c1. The fourth-order valence-corrected chi connectivity index (χ4v) is 2.29. The Kier molecular flexibility index (Phi) is 4.60. The molecule has 0 amide bonds. The van der Waals surface area contributed by atoms with Crippen LogP contribution in [0.15, 0.2) is 63.8 Å². The van der Waals surface area contributed by atoms with Crippen molar-refractivity contribution in [3.05, 3.63) is 65.7 Å². The van der Waals surface area contributed by atoms with E-state index < -0.39 is 11.6 Å². The average Bonchev–Trinajstić information content (AvgIpc) is 2.91. The smallest absolute Gasteiger partial charge is 0.175 e. The minimum Gasteiger partial charge on any atom is -0.380 e. The first kappa shape index (κ1) is 15.8. The molecule has 122 valence electrons. The molecule has 0 radical (unpaired) electrons. The Balaban J connectivity index is 1.70. The Morgan fingerprint density at radius 3 is 2.38 bits per heavy atom. The van der Waals surface area contributed by atoms with Crippen LogP contribution in [0.2, 0.25) is 0 Å². The standard InChI is InChI=1S/C17H15F2N5/c18-12-8-13(19)10-14(9-12)21-23-16-15(22-24-17(16)20)7-6-11-4-2-1-3-5-11/h1-5,8-10,21H,6-7H2,(H2,20,23,24). The zero-order valence-corrected chi connectivity index (χ0v) is 12.7. The summed E-state index contributed by atoms with van der Waals surface area (Å²) >= 11 is 0. The van der Waals surface area contributed by atoms with Crippen LogP contribution in [0.3, 0.4) is 0 Å². The molecule has 0 aromatic heterocycles. The van der Waals surface area contributed by atoms with Crippen LogP contribution in [0.4, 0.5) is 14.5 Å². The third-order valence-electron chi connectivity index (χ3n) is 3.45. The van der Waals surface area contributed by atoms with Gasteiger partial charge in [0.15, 0.2) is 11.5 Å². The first-order chi connectivity index (χ1) is 11.6. The molecule has 3 N–H and O–H groups in total. The van der Waals surface area contributed by atoms with Gasteiger partial charge < -0.3 is 5.73 Å². The number of halogens is 2. The number of aryl methyl sites for hydroxylation is 1. The van der Waals surface area contributed by atoms with E-state index in [1.54, 1.807) is 0 Å². The van der Waals surface area contributed by atoms with Gasteiger partial charge in [0.2, 0.25) is 0 Å². The molecule has 5 nitrogen and oxygen atoms in total. The van der Waals surface area contributed by atoms with Crippen LogP contribution < -0.4 is 11.2 Å². The van der Waals surface area contributed by atoms with Crippen molar-refractivity contribution >= 4 is 22.9 Å². The molecule has 1 aliphatic heterocycles. The number of nitrogens with one attached hydrogen (secondary N) is 1. The van der Waals surface area contributed by atoms with Gasteiger partial charge in [-0.05, 0) is 30.5 Å². The van der Waals surface area contributed by atoms with Gasteiger partial charge in [0.25, 0.3) is 0 Å². The van der Waals surface area contributed by atoms with E-state index in [-0.39, 0.29) is 11.5 Å². The van der Waals surface area contributed by atoms with Crippen LogP contribution >= 0.6 is 0 Å². The Hall–Kier alpha value is -3.09. The van der Waals surface area contributed by atoms with Gasteiger partial charge in [0, 0.05) is 6.07 Å². The first-order valence-corrected chi connectivity index (χ1v) is 7.36. The van der Waals surface area contributed by atoms with E-state index in [4.69, 9.17) is 5.73 Å². The molecule has 0 unspecified atom stereocenters. The van der Waals surface area contributed by atoms with Crippen LogP contribution in [-0.4, -0.2) is 17.3 Å². The molecule has 3 rings (SSSR count). The Labute approximate surface area is 137 Å². The second-order valence-corrected chi connectivity index (χ2v) is 5.25. The molecule has 0 atom stereocenters. The molecule has 0 saturated carbocycles. The molecule has 0 fully saturated rings. The van der Waals surface area contributed by atoms with Crippen LogP contribution in [0.25, 0.3) is 0 Å². The largest absolute Gasteiger partial charge is 0.380 e. The fraction of sp³-hybridized carbons (Fsp3) is 0.118. The van der Waals surface area contributed by atoms with Crippen molar-refractivity contribution in [3.8, 4) is 0 Å². The second kappa shape index (κ2) is 6.99. The van der Waals surface area contributed by atoms with Crippen molar-refractivity contribution < 1.29 is 8.78 Å². The number of benzene rings is 2. The van der Waals surface area contributed by atoms with E-state index in [1.165, 1.54) is 0 Å². The summed E-state index contributed by atoms with van der Waals surface area (Å²) in [5.74, 6) is -1.21. The van der Waals surface area contributed by atoms with E-state index in [2.05, 4.69) is 20.7 Å². The summed E-state index contributed by atoms with van der Waals surface area (Å²) in [6.45, 7) is 0. The minimum absolute atomic E-state index is 0.169. The lowest BCUT2D eigenvalue weighted by Crippen LogP contribution is -2.28. The fourth-order valence-electron chi connectivity index (χ4n) is 2.29. The zero-order valence-electron chi connectivity index (χ0n) is 12.7. The molecular weight excluding hydrogens is 312 g/mol. The van der Waals surface area contributed by atoms with Crippen LogP contribution in [0, 0.1) is 11.6 Å². The number of nitrogens with two attached hydrogens (primary N) is 1. The van der Waals surface area contributed by atoms with Gasteiger partial charge in [0.1, 0.15) is 11.6 Å². The molecule has 1 heterocycles. The Bertz CT molecular complexity index is 808. The van der Waals surface area contributed by atoms with Crippen molar-refractivity contribution in [2.45, 2.75) is 12.8 Å². The maximum Gasteiger partial charge on any atom is 0.175 e. The highest BCUT2D eigenvalue weighted by atomic mass is 19.1. The average molecular weight is 327 g/mol. The van der Waals surface area contributed by atoms with Gasteiger partial charge in [-0.25, -0.2) is 8.78 Å². The van der Waals surface area contributed by atoms with E-state index in [9.17, 15) is 8.78 Å². The molecule has 0 spiro atoms. The lowest BCUT2D eigenvalue weighted by atomic mass is 10.0. The molecule has 24 heavy (non-hydrogen) atoms. The molecule has 7 heteroatoms. The quantitative estimate of drug-likeness (QED) is 0.828. The number of amidine groups is 1. The summed E-state index contributed by atoms with van der Waals surface area (Å²) in [4.78, 5) is 0. The van der Waals surface area contributed by atoms with Gasteiger partial charge in [-0.3, -0.25) is 5.43 Å². The Morgan fingerprint density at radius 1 is 0.958 bits per heavy atom. The van der Waals surface area contributed by atoms with E-state index in [0.717, 1.165) is 30.2 Å².